The van der Waals surface area contributed by atoms with E-state index in [-0.39, 0.29) is 0 Å². The SMILES string of the molecule is Cc1cc(-c2[nH]c3ccc(OC4CCN(C)CC4)cc3c2C(C)C)ccn1. The van der Waals surface area contributed by atoms with Gasteiger partial charge in [0.15, 0.2) is 0 Å². The fourth-order valence-corrected chi connectivity index (χ4v) is 4.09. The molecule has 142 valence electrons. The number of aryl methyl sites for hydroxylation is 1. The van der Waals surface area contributed by atoms with E-state index in [1.165, 1.54) is 27.7 Å². The van der Waals surface area contributed by atoms with Crippen LogP contribution >= 0.6 is 0 Å². The largest absolute Gasteiger partial charge is 0.490 e. The summed E-state index contributed by atoms with van der Waals surface area (Å²) in [6.45, 7) is 8.77. The molecule has 0 atom stereocenters. The highest BCUT2D eigenvalue weighted by atomic mass is 16.5. The van der Waals surface area contributed by atoms with E-state index in [1.807, 2.05) is 13.1 Å². The number of nitrogens with zero attached hydrogens (tertiary/aromatic N) is 2. The maximum atomic E-state index is 6.33. The van der Waals surface area contributed by atoms with Crippen molar-refractivity contribution in [3.8, 4) is 17.0 Å². The molecule has 1 N–H and O–H groups in total. The summed E-state index contributed by atoms with van der Waals surface area (Å²) in [5.74, 6) is 1.40. The Morgan fingerprint density at radius 2 is 1.93 bits per heavy atom. The molecule has 3 heterocycles. The molecule has 27 heavy (non-hydrogen) atoms. The zero-order chi connectivity index (χ0) is 19.0. The second-order valence-corrected chi connectivity index (χ2v) is 8.08. The normalized spacial score (nSPS) is 16.3. The number of hydrogen-bond acceptors (Lipinski definition) is 3. The predicted octanol–water partition coefficient (Wildman–Crippen LogP) is 5.13. The topological polar surface area (TPSA) is 41.1 Å². The van der Waals surface area contributed by atoms with Crippen molar-refractivity contribution < 1.29 is 4.74 Å². The van der Waals surface area contributed by atoms with Crippen LogP contribution in [0.3, 0.4) is 0 Å². The number of nitrogens with one attached hydrogen (secondary N) is 1. The van der Waals surface area contributed by atoms with Crippen LogP contribution in [0, 0.1) is 6.92 Å². The highest BCUT2D eigenvalue weighted by molar-refractivity contribution is 5.92. The first kappa shape index (κ1) is 18.1. The second-order valence-electron chi connectivity index (χ2n) is 8.08. The molecule has 3 aromatic rings. The molecule has 4 nitrogen and oxygen atoms in total. The Bertz CT molecular complexity index is 936. The fraction of sp³-hybridized carbons (Fsp3) is 0.435. The maximum Gasteiger partial charge on any atom is 0.120 e. The van der Waals surface area contributed by atoms with Crippen molar-refractivity contribution >= 4 is 10.9 Å². The van der Waals surface area contributed by atoms with E-state index >= 15 is 0 Å². The van der Waals surface area contributed by atoms with Crippen LogP contribution in [0.15, 0.2) is 36.5 Å². The Labute approximate surface area is 161 Å². The number of H-pyrrole nitrogens is 1. The number of aromatic amines is 1. The van der Waals surface area contributed by atoms with Crippen LogP contribution in [0.1, 0.15) is 43.9 Å². The van der Waals surface area contributed by atoms with E-state index in [0.717, 1.165) is 37.4 Å². The third-order valence-electron chi connectivity index (χ3n) is 5.54. The second kappa shape index (κ2) is 7.35. The molecule has 1 fully saturated rings. The van der Waals surface area contributed by atoms with Gasteiger partial charge in [-0.15, -0.1) is 0 Å². The third kappa shape index (κ3) is 3.72. The fourth-order valence-electron chi connectivity index (χ4n) is 4.09. The summed E-state index contributed by atoms with van der Waals surface area (Å²) in [7, 11) is 2.18. The molecule has 0 radical (unpaired) electrons. The van der Waals surface area contributed by atoms with Gasteiger partial charge in [0, 0.05) is 41.4 Å². The number of benzene rings is 1. The molecule has 2 aromatic heterocycles. The van der Waals surface area contributed by atoms with Crippen LogP contribution in [-0.2, 0) is 0 Å². The van der Waals surface area contributed by atoms with Crippen LogP contribution in [0.2, 0.25) is 0 Å². The molecule has 1 aliphatic rings. The quantitative estimate of drug-likeness (QED) is 0.698. The highest BCUT2D eigenvalue weighted by Crippen LogP contribution is 2.37. The van der Waals surface area contributed by atoms with Gasteiger partial charge in [0.25, 0.3) is 0 Å². The predicted molar refractivity (Wildman–Crippen MR) is 112 cm³/mol. The van der Waals surface area contributed by atoms with E-state index in [2.05, 4.69) is 66.1 Å². The van der Waals surface area contributed by atoms with Gasteiger partial charge in [-0.3, -0.25) is 4.98 Å². The lowest BCUT2D eigenvalue weighted by Gasteiger charge is -2.29. The molecule has 0 spiro atoms. The van der Waals surface area contributed by atoms with Gasteiger partial charge in [-0.2, -0.15) is 0 Å². The minimum Gasteiger partial charge on any atom is -0.490 e. The zero-order valence-electron chi connectivity index (χ0n) is 16.7. The van der Waals surface area contributed by atoms with Gasteiger partial charge >= 0.3 is 0 Å². The van der Waals surface area contributed by atoms with Crippen LogP contribution in [-0.4, -0.2) is 41.1 Å². The Morgan fingerprint density at radius 1 is 1.15 bits per heavy atom. The number of ether oxygens (including phenoxy) is 1. The van der Waals surface area contributed by atoms with E-state index in [9.17, 15) is 0 Å². The van der Waals surface area contributed by atoms with Gasteiger partial charge in [0.2, 0.25) is 0 Å². The molecule has 1 saturated heterocycles. The van der Waals surface area contributed by atoms with Gasteiger partial charge in [-0.25, -0.2) is 0 Å². The maximum absolute atomic E-state index is 6.33. The number of rotatable bonds is 4. The minimum atomic E-state index is 0.322. The molecule has 1 aliphatic heterocycles. The molecule has 0 aliphatic carbocycles. The Morgan fingerprint density at radius 3 is 2.63 bits per heavy atom. The van der Waals surface area contributed by atoms with Crippen molar-refractivity contribution in [2.45, 2.75) is 45.6 Å². The summed E-state index contributed by atoms with van der Waals surface area (Å²) in [6.07, 6.45) is 4.40. The number of hydrogen-bond donors (Lipinski definition) is 1. The smallest absolute Gasteiger partial charge is 0.120 e. The Balaban J connectivity index is 1.71. The van der Waals surface area contributed by atoms with Crippen LogP contribution < -0.4 is 4.74 Å². The first-order valence-electron chi connectivity index (χ1n) is 9.95. The summed E-state index contributed by atoms with van der Waals surface area (Å²) < 4.78 is 6.33. The molecule has 1 aromatic carbocycles. The molecular formula is C23H29N3O. The van der Waals surface area contributed by atoms with Crippen LogP contribution in [0.5, 0.6) is 5.75 Å². The average Bonchev–Trinajstić information content (AvgIpc) is 3.03. The van der Waals surface area contributed by atoms with Crippen molar-refractivity contribution in [3.63, 3.8) is 0 Å². The van der Waals surface area contributed by atoms with Crippen LogP contribution in [0.25, 0.3) is 22.2 Å². The molecular weight excluding hydrogens is 334 g/mol. The summed E-state index contributed by atoms with van der Waals surface area (Å²) in [4.78, 5) is 10.3. The van der Waals surface area contributed by atoms with Gasteiger partial charge in [-0.1, -0.05) is 13.8 Å². The van der Waals surface area contributed by atoms with Crippen molar-refractivity contribution in [1.29, 1.82) is 0 Å². The van der Waals surface area contributed by atoms with Crippen molar-refractivity contribution in [1.82, 2.24) is 14.9 Å². The minimum absolute atomic E-state index is 0.322. The summed E-state index contributed by atoms with van der Waals surface area (Å²) in [5, 5.41) is 1.26. The molecule has 0 amide bonds. The van der Waals surface area contributed by atoms with Crippen molar-refractivity contribution in [3.05, 3.63) is 47.8 Å². The average molecular weight is 364 g/mol. The van der Waals surface area contributed by atoms with Gasteiger partial charge < -0.3 is 14.6 Å². The summed E-state index contributed by atoms with van der Waals surface area (Å²) in [5.41, 5.74) is 5.94. The van der Waals surface area contributed by atoms with Gasteiger partial charge in [-0.05, 0) is 68.6 Å². The first-order chi connectivity index (χ1) is 13.0. The summed E-state index contributed by atoms with van der Waals surface area (Å²) >= 11 is 0. The molecule has 4 rings (SSSR count). The number of piperidine rings is 1. The number of aromatic nitrogens is 2. The lowest BCUT2D eigenvalue weighted by atomic mass is 9.96. The molecule has 0 bridgehead atoms. The highest BCUT2D eigenvalue weighted by Gasteiger charge is 2.20. The molecule has 4 heteroatoms. The molecule has 0 saturated carbocycles. The lowest BCUT2D eigenvalue weighted by molar-refractivity contribution is 0.114. The Hall–Kier alpha value is -2.33. The number of likely N-dealkylation sites (tertiary alicyclic amines) is 1. The number of fused-ring (bicyclic) bond motifs is 1. The monoisotopic (exact) mass is 363 g/mol. The van der Waals surface area contributed by atoms with E-state index in [4.69, 9.17) is 4.74 Å². The lowest BCUT2D eigenvalue weighted by Crippen LogP contribution is -2.35. The van der Waals surface area contributed by atoms with Gasteiger partial charge in [0.1, 0.15) is 11.9 Å². The van der Waals surface area contributed by atoms with Crippen molar-refractivity contribution in [2.24, 2.45) is 0 Å². The third-order valence-corrected chi connectivity index (χ3v) is 5.54. The van der Waals surface area contributed by atoms with E-state index in [0.29, 0.717) is 12.0 Å². The van der Waals surface area contributed by atoms with Gasteiger partial charge in [0.05, 0.1) is 5.69 Å². The van der Waals surface area contributed by atoms with E-state index < -0.39 is 0 Å². The zero-order valence-corrected chi connectivity index (χ0v) is 16.7. The first-order valence-corrected chi connectivity index (χ1v) is 9.95. The van der Waals surface area contributed by atoms with Crippen LogP contribution in [0.4, 0.5) is 0 Å². The summed E-state index contributed by atoms with van der Waals surface area (Å²) in [6, 6.07) is 10.7. The molecule has 0 unspecified atom stereocenters. The van der Waals surface area contributed by atoms with E-state index in [1.54, 1.807) is 0 Å². The standard InChI is InChI=1S/C23H29N3O/c1-15(2)22-20-14-19(27-18-8-11-26(4)12-9-18)5-6-21(20)25-23(22)17-7-10-24-16(3)13-17/h5-7,10,13-15,18,25H,8-9,11-12H2,1-4H3. The number of pyridine rings is 1. The Kier molecular flexibility index (Phi) is 4.92. The van der Waals surface area contributed by atoms with Crippen molar-refractivity contribution in [2.75, 3.05) is 20.1 Å².